The number of fused-ring (bicyclic) bond motifs is 2. The van der Waals surface area contributed by atoms with Gasteiger partial charge < -0.3 is 50.0 Å². The number of likely N-dealkylation sites (N-methyl/N-ethyl adjacent to an activating group) is 3. The molecule has 60 heavy (non-hydrogen) atoms. The summed E-state index contributed by atoms with van der Waals surface area (Å²) in [6.45, 7) is 2.84. The molecule has 6 atom stereocenters. The normalized spacial score (nSPS) is 23.4. The number of ether oxygens (including phenoxy) is 3. The molecular weight excluding hydrogens is 777 g/mol. The number of benzene rings is 3. The molecule has 17 nitrogen and oxygen atoms in total. The molecule has 17 heteroatoms. The summed E-state index contributed by atoms with van der Waals surface area (Å²) >= 11 is 0. The zero-order chi connectivity index (χ0) is 43.8. The summed E-state index contributed by atoms with van der Waals surface area (Å²) in [4.78, 5) is 101. The number of methoxy groups -OCH3 is 2. The highest BCUT2D eigenvalue weighted by Crippen LogP contribution is 2.34. The van der Waals surface area contributed by atoms with E-state index < -0.39 is 84.1 Å². The number of nitrogens with one attached hydrogen (secondary N) is 3. The number of rotatable bonds is 7. The molecule has 0 spiro atoms. The van der Waals surface area contributed by atoms with Crippen LogP contribution >= 0.6 is 0 Å². The summed E-state index contributed by atoms with van der Waals surface area (Å²) in [5, 5.41) is 17.5. The van der Waals surface area contributed by atoms with Gasteiger partial charge in [-0.1, -0.05) is 30.3 Å². The highest BCUT2D eigenvalue weighted by atomic mass is 16.5. The molecule has 3 aliphatic heterocycles. The number of aliphatic carboxylic acids is 1. The van der Waals surface area contributed by atoms with E-state index in [1.54, 1.807) is 66.7 Å². The molecule has 320 valence electrons. The molecule has 1 unspecified atom stereocenters. The second-order valence-electron chi connectivity index (χ2n) is 15.0. The van der Waals surface area contributed by atoms with Gasteiger partial charge in [-0.2, -0.15) is 0 Å². The quantitative estimate of drug-likeness (QED) is 0.269. The van der Waals surface area contributed by atoms with E-state index in [1.165, 1.54) is 59.0 Å². The topological polar surface area (TPSA) is 213 Å². The zero-order valence-electron chi connectivity index (χ0n) is 34.7. The molecule has 6 amide bonds. The summed E-state index contributed by atoms with van der Waals surface area (Å²) in [5.74, 6) is -3.67. The molecule has 3 aromatic rings. The smallest absolute Gasteiger partial charge is 0.303 e. The van der Waals surface area contributed by atoms with E-state index in [4.69, 9.17) is 14.2 Å². The van der Waals surface area contributed by atoms with E-state index in [9.17, 15) is 38.7 Å². The molecule has 3 aliphatic rings. The van der Waals surface area contributed by atoms with Crippen molar-refractivity contribution in [2.24, 2.45) is 0 Å². The Labute approximate surface area is 348 Å². The van der Waals surface area contributed by atoms with Gasteiger partial charge in [-0.3, -0.25) is 33.6 Å². The molecule has 4 N–H and O–H groups in total. The van der Waals surface area contributed by atoms with Crippen molar-refractivity contribution in [3.8, 4) is 23.0 Å². The Morgan fingerprint density at radius 2 is 1.32 bits per heavy atom. The van der Waals surface area contributed by atoms with Crippen LogP contribution in [0.15, 0.2) is 66.7 Å². The Morgan fingerprint density at radius 3 is 1.95 bits per heavy atom. The van der Waals surface area contributed by atoms with Crippen LogP contribution in [0.4, 0.5) is 0 Å². The molecular formula is C43H52N6O11. The lowest BCUT2D eigenvalue weighted by atomic mass is 9.98. The van der Waals surface area contributed by atoms with Crippen LogP contribution in [0, 0.1) is 0 Å². The Morgan fingerprint density at radius 1 is 0.700 bits per heavy atom. The second-order valence-corrected chi connectivity index (χ2v) is 15.0. The maximum absolute atomic E-state index is 14.7. The predicted molar refractivity (Wildman–Crippen MR) is 217 cm³/mol. The molecule has 3 aromatic carbocycles. The first-order chi connectivity index (χ1) is 28.5. The van der Waals surface area contributed by atoms with Gasteiger partial charge in [-0.15, -0.1) is 0 Å². The largest absolute Gasteiger partial charge is 0.497 e. The van der Waals surface area contributed by atoms with Crippen molar-refractivity contribution in [3.05, 3.63) is 83.4 Å². The van der Waals surface area contributed by atoms with Gasteiger partial charge in [0.1, 0.15) is 47.8 Å². The fourth-order valence-corrected chi connectivity index (χ4v) is 7.20. The van der Waals surface area contributed by atoms with Crippen LogP contribution in [0.1, 0.15) is 43.4 Å². The number of carbonyl (C=O) groups is 7. The van der Waals surface area contributed by atoms with E-state index in [0.717, 1.165) is 4.90 Å². The second kappa shape index (κ2) is 19.4. The zero-order valence-corrected chi connectivity index (χ0v) is 34.7. The first-order valence-electron chi connectivity index (χ1n) is 19.5. The molecule has 1 saturated heterocycles. The van der Waals surface area contributed by atoms with Crippen molar-refractivity contribution in [2.75, 3.05) is 35.4 Å². The number of amides is 6. The van der Waals surface area contributed by atoms with Crippen LogP contribution in [-0.2, 0) is 52.8 Å². The molecule has 0 saturated carbocycles. The van der Waals surface area contributed by atoms with Gasteiger partial charge in [-0.25, -0.2) is 0 Å². The van der Waals surface area contributed by atoms with Crippen LogP contribution in [-0.4, -0.2) is 133 Å². The SMILES string of the molecule is COc1ccc(C[C@H]2C(=O)N[C@@H](C)C(=O)N(C)[C@H]3Cc4ccc(cc4)Oc4cc(ccc4OC)CC(C(=O)N[C@H](C)C(=O)N[C@@H](CCC(=O)O)C(=O)N2C)N(C)C3=O)cc1. The van der Waals surface area contributed by atoms with E-state index >= 15 is 0 Å². The third kappa shape index (κ3) is 10.5. The van der Waals surface area contributed by atoms with Gasteiger partial charge >= 0.3 is 5.97 Å². The van der Waals surface area contributed by atoms with Gasteiger partial charge in [0, 0.05) is 46.8 Å². The average molecular weight is 829 g/mol. The molecule has 0 radical (unpaired) electrons. The summed E-state index contributed by atoms with van der Waals surface area (Å²) in [5.41, 5.74) is 1.86. The van der Waals surface area contributed by atoms with E-state index in [1.807, 2.05) is 0 Å². The lowest BCUT2D eigenvalue weighted by Gasteiger charge is -2.37. The molecule has 6 rings (SSSR count). The Kier molecular flexibility index (Phi) is 14.4. The first kappa shape index (κ1) is 44.5. The minimum atomic E-state index is -1.43. The molecule has 1 fully saturated rings. The Hall–Kier alpha value is -6.65. The third-order valence-corrected chi connectivity index (χ3v) is 10.9. The van der Waals surface area contributed by atoms with Gasteiger partial charge in [0.05, 0.1) is 14.2 Å². The van der Waals surface area contributed by atoms with Crippen molar-refractivity contribution in [1.82, 2.24) is 30.7 Å². The summed E-state index contributed by atoms with van der Waals surface area (Å²) in [6, 6.07) is 11.2. The van der Waals surface area contributed by atoms with E-state index in [-0.39, 0.29) is 25.7 Å². The van der Waals surface area contributed by atoms with Crippen LogP contribution < -0.4 is 30.2 Å². The predicted octanol–water partition coefficient (Wildman–Crippen LogP) is 1.69. The Balaban J connectivity index is 1.61. The van der Waals surface area contributed by atoms with Crippen LogP contribution in [0.5, 0.6) is 23.0 Å². The third-order valence-electron chi connectivity index (χ3n) is 10.9. The molecule has 0 aromatic heterocycles. The van der Waals surface area contributed by atoms with Gasteiger partial charge in [0.2, 0.25) is 35.4 Å². The van der Waals surface area contributed by atoms with Crippen molar-refractivity contribution in [2.45, 2.75) is 82.2 Å². The molecule has 0 aliphatic carbocycles. The minimum Gasteiger partial charge on any atom is -0.497 e. The van der Waals surface area contributed by atoms with Crippen molar-refractivity contribution in [1.29, 1.82) is 0 Å². The van der Waals surface area contributed by atoms with Crippen LogP contribution in [0.3, 0.4) is 0 Å². The minimum absolute atomic E-state index is 0.0171. The van der Waals surface area contributed by atoms with Gasteiger partial charge in [0.25, 0.3) is 0 Å². The van der Waals surface area contributed by atoms with Gasteiger partial charge in [0.15, 0.2) is 11.5 Å². The van der Waals surface area contributed by atoms with E-state index in [0.29, 0.717) is 39.7 Å². The number of carboxylic acids is 1. The monoisotopic (exact) mass is 828 g/mol. The van der Waals surface area contributed by atoms with Crippen LogP contribution in [0.2, 0.25) is 0 Å². The standard InChI is InChI=1S/C43H52N6O11/c1-24-38(52)46-31(17-19-37(50)51)42(56)47(3)32(20-26-8-13-29(58-6)14-9-26)40(54)45-25(2)41(55)49(5)34-21-27-10-15-30(16-11-27)60-36-23-28(12-18-35(36)59-7)22-33(39(53)44-24)48(4)43(34)57/h8-16,18,23-25,31-34H,17,19-22H2,1-7H3,(H,44,53)(H,45,54)(H,46,52)(H,50,51)/t24-,25+,31+,32+,33?,34+/m1/s1. The number of hydrogen-bond donors (Lipinski definition) is 4. The maximum atomic E-state index is 14.7. The summed E-state index contributed by atoms with van der Waals surface area (Å²) in [6.07, 6.45) is -0.927. The fraction of sp³-hybridized carbons (Fsp3) is 0.419. The average Bonchev–Trinajstić information content (AvgIpc) is 3.23. The van der Waals surface area contributed by atoms with Crippen LogP contribution in [0.25, 0.3) is 0 Å². The summed E-state index contributed by atoms with van der Waals surface area (Å²) in [7, 11) is 7.22. The lowest BCUT2D eigenvalue weighted by Crippen LogP contribution is -2.62. The number of nitrogens with zero attached hydrogens (tertiary/aromatic N) is 3. The highest BCUT2D eigenvalue weighted by Gasteiger charge is 2.40. The van der Waals surface area contributed by atoms with E-state index in [2.05, 4.69) is 16.0 Å². The Bertz CT molecular complexity index is 2090. The number of carbonyl (C=O) groups excluding carboxylic acids is 6. The summed E-state index contributed by atoms with van der Waals surface area (Å²) < 4.78 is 17.0. The maximum Gasteiger partial charge on any atom is 0.303 e. The van der Waals surface area contributed by atoms with Gasteiger partial charge in [-0.05, 0) is 73.4 Å². The first-order valence-corrected chi connectivity index (χ1v) is 19.5. The fourth-order valence-electron chi connectivity index (χ4n) is 7.20. The molecule has 6 bridgehead atoms. The van der Waals surface area contributed by atoms with Crippen molar-refractivity contribution < 1.29 is 52.9 Å². The van der Waals surface area contributed by atoms with Crippen molar-refractivity contribution >= 4 is 41.4 Å². The highest BCUT2D eigenvalue weighted by molar-refractivity contribution is 5.98. The lowest BCUT2D eigenvalue weighted by molar-refractivity contribution is -0.149. The van der Waals surface area contributed by atoms with Crippen molar-refractivity contribution in [3.63, 3.8) is 0 Å². The number of hydrogen-bond acceptors (Lipinski definition) is 10. The number of carboxylic acid groups (broad SMARTS) is 1. The molecule has 3 heterocycles.